The number of methoxy groups -OCH3 is 1. The molecule has 0 atom stereocenters. The molecule has 0 saturated heterocycles. The van der Waals surface area contributed by atoms with E-state index in [1.54, 1.807) is 18.4 Å². The highest BCUT2D eigenvalue weighted by atomic mass is 127. The Kier molecular flexibility index (Phi) is 11.0. The molecule has 0 bridgehead atoms. The molecule has 20 heavy (non-hydrogen) atoms. The van der Waals surface area contributed by atoms with Gasteiger partial charge in [0.25, 0.3) is 0 Å². The molecule has 0 aromatic carbocycles. The molecule has 116 valence electrons. The summed E-state index contributed by atoms with van der Waals surface area (Å²) in [7, 11) is 1.72. The number of hydrogen-bond acceptors (Lipinski definition) is 4. The van der Waals surface area contributed by atoms with Gasteiger partial charge in [-0.05, 0) is 27.2 Å². The van der Waals surface area contributed by atoms with E-state index in [2.05, 4.69) is 27.5 Å². The molecule has 0 fully saturated rings. The minimum atomic E-state index is 0. The lowest BCUT2D eigenvalue weighted by Gasteiger charge is -2.10. The van der Waals surface area contributed by atoms with Gasteiger partial charge in [0.15, 0.2) is 5.96 Å². The third-order valence-corrected chi connectivity index (χ3v) is 3.60. The first-order valence-corrected chi connectivity index (χ1v) is 7.43. The van der Waals surface area contributed by atoms with E-state index in [4.69, 9.17) is 4.74 Å². The van der Waals surface area contributed by atoms with Gasteiger partial charge in [-0.2, -0.15) is 0 Å². The van der Waals surface area contributed by atoms with Crippen LogP contribution < -0.4 is 10.6 Å². The van der Waals surface area contributed by atoms with E-state index in [-0.39, 0.29) is 24.0 Å². The first-order chi connectivity index (χ1) is 9.17. The van der Waals surface area contributed by atoms with Crippen molar-refractivity contribution in [2.24, 2.45) is 4.99 Å². The lowest BCUT2D eigenvalue weighted by atomic mass is 10.4. The van der Waals surface area contributed by atoms with Gasteiger partial charge >= 0.3 is 0 Å². The Morgan fingerprint density at radius 1 is 1.35 bits per heavy atom. The molecule has 0 radical (unpaired) electrons. The average molecular weight is 412 g/mol. The average Bonchev–Trinajstić information content (AvgIpc) is 2.70. The van der Waals surface area contributed by atoms with Crippen LogP contribution in [0.1, 0.15) is 28.9 Å². The van der Waals surface area contributed by atoms with Crippen molar-refractivity contribution in [3.8, 4) is 0 Å². The van der Waals surface area contributed by atoms with Crippen LogP contribution in [0.3, 0.4) is 0 Å². The highest BCUT2D eigenvalue weighted by Crippen LogP contribution is 2.17. The summed E-state index contributed by atoms with van der Waals surface area (Å²) in [5, 5.41) is 7.63. The van der Waals surface area contributed by atoms with Crippen molar-refractivity contribution in [2.45, 2.75) is 33.7 Å². The molecule has 1 aromatic rings. The van der Waals surface area contributed by atoms with Crippen LogP contribution in [0.2, 0.25) is 0 Å². The Morgan fingerprint density at radius 3 is 2.65 bits per heavy atom. The maximum Gasteiger partial charge on any atom is 0.191 e. The van der Waals surface area contributed by atoms with Gasteiger partial charge in [-0.25, -0.2) is 9.98 Å². The summed E-state index contributed by atoms with van der Waals surface area (Å²) in [6.07, 6.45) is 0.972. The maximum atomic E-state index is 5.02. The van der Waals surface area contributed by atoms with Crippen LogP contribution in [0, 0.1) is 13.8 Å². The fraction of sp³-hybridized carbons (Fsp3) is 0.692. The minimum Gasteiger partial charge on any atom is -0.385 e. The van der Waals surface area contributed by atoms with Gasteiger partial charge in [-0.15, -0.1) is 35.3 Å². The van der Waals surface area contributed by atoms with Crippen LogP contribution in [0.15, 0.2) is 4.99 Å². The number of aliphatic imine (C=N–C) groups is 1. The normalized spacial score (nSPS) is 11.1. The number of hydrogen-bond donors (Lipinski definition) is 2. The van der Waals surface area contributed by atoms with Crippen molar-refractivity contribution in [1.29, 1.82) is 0 Å². The van der Waals surface area contributed by atoms with Gasteiger partial charge in [0.05, 0.1) is 17.2 Å². The van der Waals surface area contributed by atoms with E-state index in [1.165, 1.54) is 4.88 Å². The van der Waals surface area contributed by atoms with E-state index >= 15 is 0 Å². The van der Waals surface area contributed by atoms with Crippen LogP contribution in [0.5, 0.6) is 0 Å². The molecule has 1 heterocycles. The summed E-state index contributed by atoms with van der Waals surface area (Å²) >= 11 is 1.71. The van der Waals surface area contributed by atoms with Crippen LogP contribution in [0.4, 0.5) is 0 Å². The summed E-state index contributed by atoms with van der Waals surface area (Å²) < 4.78 is 5.02. The van der Waals surface area contributed by atoms with Crippen molar-refractivity contribution in [3.63, 3.8) is 0 Å². The summed E-state index contributed by atoms with van der Waals surface area (Å²) in [6.45, 7) is 9.29. The third kappa shape index (κ3) is 7.39. The van der Waals surface area contributed by atoms with Crippen molar-refractivity contribution >= 4 is 41.3 Å². The van der Waals surface area contributed by atoms with Crippen LogP contribution in [-0.2, 0) is 11.3 Å². The number of ether oxygens (including phenoxy) is 1. The molecule has 5 nitrogen and oxygen atoms in total. The Morgan fingerprint density at radius 2 is 2.10 bits per heavy atom. The van der Waals surface area contributed by atoms with Crippen LogP contribution in [-0.4, -0.2) is 37.7 Å². The van der Waals surface area contributed by atoms with E-state index in [0.717, 1.165) is 42.8 Å². The van der Waals surface area contributed by atoms with E-state index in [9.17, 15) is 0 Å². The van der Waals surface area contributed by atoms with Gasteiger partial charge < -0.3 is 15.4 Å². The van der Waals surface area contributed by atoms with Crippen LogP contribution in [0.25, 0.3) is 0 Å². The van der Waals surface area contributed by atoms with Gasteiger partial charge in [0, 0.05) is 31.7 Å². The van der Waals surface area contributed by atoms with Gasteiger partial charge in [-0.1, -0.05) is 0 Å². The summed E-state index contributed by atoms with van der Waals surface area (Å²) in [5.74, 6) is 0.851. The molecule has 0 unspecified atom stereocenters. The Hall–Kier alpha value is -0.410. The second-order valence-electron chi connectivity index (χ2n) is 4.21. The largest absolute Gasteiger partial charge is 0.385 e. The maximum absolute atomic E-state index is 5.02. The number of rotatable bonds is 7. The lowest BCUT2D eigenvalue weighted by Crippen LogP contribution is -2.38. The van der Waals surface area contributed by atoms with Gasteiger partial charge in [0.1, 0.15) is 0 Å². The monoisotopic (exact) mass is 412 g/mol. The topological polar surface area (TPSA) is 58.5 Å². The fourth-order valence-corrected chi connectivity index (χ4v) is 2.50. The molecule has 1 rings (SSSR count). The smallest absolute Gasteiger partial charge is 0.191 e. The molecule has 0 saturated carbocycles. The minimum absolute atomic E-state index is 0. The zero-order chi connectivity index (χ0) is 14.1. The summed E-state index contributed by atoms with van der Waals surface area (Å²) in [6, 6.07) is 0. The number of aromatic nitrogens is 1. The molecular formula is C13H25IN4OS. The predicted octanol–water partition coefficient (Wildman–Crippen LogP) is 2.47. The molecule has 2 N–H and O–H groups in total. The highest BCUT2D eigenvalue weighted by Gasteiger charge is 2.04. The molecule has 0 aliphatic rings. The Bertz CT molecular complexity index is 409. The zero-order valence-corrected chi connectivity index (χ0v) is 15.8. The lowest BCUT2D eigenvalue weighted by molar-refractivity contribution is 0.195. The number of halogens is 1. The molecule has 0 aliphatic carbocycles. The molecule has 0 aliphatic heterocycles. The van der Waals surface area contributed by atoms with Crippen molar-refractivity contribution in [1.82, 2.24) is 15.6 Å². The molecular weight excluding hydrogens is 387 g/mol. The van der Waals surface area contributed by atoms with Gasteiger partial charge in [-0.3, -0.25) is 0 Å². The Balaban J connectivity index is 0.00000361. The first kappa shape index (κ1) is 19.6. The van der Waals surface area contributed by atoms with Crippen molar-refractivity contribution in [3.05, 3.63) is 15.6 Å². The predicted molar refractivity (Wildman–Crippen MR) is 96.3 cm³/mol. The quantitative estimate of drug-likeness (QED) is 0.313. The second-order valence-corrected chi connectivity index (χ2v) is 5.50. The molecule has 0 spiro atoms. The van der Waals surface area contributed by atoms with E-state index in [1.807, 2.05) is 13.8 Å². The summed E-state index contributed by atoms with van der Waals surface area (Å²) in [4.78, 5) is 10.2. The van der Waals surface area contributed by atoms with Crippen LogP contribution >= 0.6 is 35.3 Å². The second kappa shape index (κ2) is 11.3. The number of guanidine groups is 1. The SMILES string of the molecule is CCNC(=NCc1sc(C)nc1C)NCCCOC.I. The van der Waals surface area contributed by atoms with Crippen molar-refractivity contribution < 1.29 is 4.74 Å². The molecule has 0 amide bonds. The van der Waals surface area contributed by atoms with Gasteiger partial charge in [0.2, 0.25) is 0 Å². The number of aryl methyl sites for hydroxylation is 2. The fourth-order valence-electron chi connectivity index (χ4n) is 1.64. The molecule has 1 aromatic heterocycles. The zero-order valence-electron chi connectivity index (χ0n) is 12.7. The highest BCUT2D eigenvalue weighted by molar-refractivity contribution is 14.0. The third-order valence-electron chi connectivity index (χ3n) is 2.54. The van der Waals surface area contributed by atoms with E-state index in [0.29, 0.717) is 6.54 Å². The summed E-state index contributed by atoms with van der Waals surface area (Å²) in [5.41, 5.74) is 1.08. The first-order valence-electron chi connectivity index (χ1n) is 6.61. The number of nitrogens with one attached hydrogen (secondary N) is 2. The molecule has 7 heteroatoms. The number of thiazole rings is 1. The van der Waals surface area contributed by atoms with E-state index < -0.39 is 0 Å². The van der Waals surface area contributed by atoms with Crippen molar-refractivity contribution in [2.75, 3.05) is 26.8 Å². The standard InChI is InChI=1S/C13H24N4OS.HI/c1-5-14-13(15-7-6-8-18-4)16-9-12-10(2)17-11(3)19-12;/h5-9H2,1-4H3,(H2,14,15,16);1H. The Labute approximate surface area is 142 Å². The number of nitrogens with zero attached hydrogens (tertiary/aromatic N) is 2.